The molecule has 2 rings (SSSR count). The highest BCUT2D eigenvalue weighted by molar-refractivity contribution is 5.85. The highest BCUT2D eigenvalue weighted by Gasteiger charge is 2.26. The summed E-state index contributed by atoms with van der Waals surface area (Å²) in [6, 6.07) is 9.12. The summed E-state index contributed by atoms with van der Waals surface area (Å²) in [5, 5.41) is 3.43. The van der Waals surface area contributed by atoms with Crippen molar-refractivity contribution in [1.29, 1.82) is 0 Å². The van der Waals surface area contributed by atoms with Gasteiger partial charge in [0.15, 0.2) is 0 Å². The smallest absolute Gasteiger partial charge is 0.118 e. The Hall–Kier alpha value is -0.480. The highest BCUT2D eigenvalue weighted by atomic mass is 35.5. The molecule has 3 nitrogen and oxygen atoms in total. The van der Waals surface area contributed by atoms with Crippen LogP contribution in [-0.4, -0.2) is 38.2 Å². The Morgan fingerprint density at radius 2 is 1.71 bits per heavy atom. The monoisotopic (exact) mass is 334 g/mol. The van der Waals surface area contributed by atoms with Gasteiger partial charge in [0.1, 0.15) is 5.75 Å². The van der Waals surface area contributed by atoms with Gasteiger partial charge in [-0.2, -0.15) is 0 Å². The molecule has 0 aliphatic carbocycles. The molecule has 1 aliphatic heterocycles. The molecular formula is C16H28Cl2N2O. The first-order chi connectivity index (χ1) is 9.26. The number of ether oxygens (including phenoxy) is 1. The molecule has 1 aromatic rings. The van der Waals surface area contributed by atoms with E-state index < -0.39 is 0 Å². The summed E-state index contributed by atoms with van der Waals surface area (Å²) in [6.45, 7) is 9.12. The minimum absolute atomic E-state index is 0. The van der Waals surface area contributed by atoms with Gasteiger partial charge in [0, 0.05) is 32.2 Å². The van der Waals surface area contributed by atoms with E-state index in [9.17, 15) is 0 Å². The average Bonchev–Trinajstić information content (AvgIpc) is 2.49. The quantitative estimate of drug-likeness (QED) is 0.891. The van der Waals surface area contributed by atoms with E-state index in [1.165, 1.54) is 12.0 Å². The zero-order chi connectivity index (χ0) is 13.7. The van der Waals surface area contributed by atoms with Gasteiger partial charge in [-0.25, -0.2) is 0 Å². The molecule has 1 saturated heterocycles. The van der Waals surface area contributed by atoms with Crippen LogP contribution in [0.4, 0.5) is 0 Å². The van der Waals surface area contributed by atoms with Crippen LogP contribution in [0.5, 0.6) is 5.75 Å². The van der Waals surface area contributed by atoms with E-state index in [2.05, 4.69) is 48.3 Å². The number of hydrogen-bond donors (Lipinski definition) is 1. The summed E-state index contributed by atoms with van der Waals surface area (Å²) < 4.78 is 5.26. The summed E-state index contributed by atoms with van der Waals surface area (Å²) in [4.78, 5) is 2.62. The Morgan fingerprint density at radius 1 is 1.14 bits per heavy atom. The summed E-state index contributed by atoms with van der Waals surface area (Å²) in [6.07, 6.45) is 1.21. The van der Waals surface area contributed by atoms with Gasteiger partial charge in [-0.1, -0.05) is 32.4 Å². The summed E-state index contributed by atoms with van der Waals surface area (Å²) >= 11 is 0. The van der Waals surface area contributed by atoms with Crippen molar-refractivity contribution < 1.29 is 4.74 Å². The first kappa shape index (κ1) is 20.5. The molecule has 0 aromatic heterocycles. The second-order valence-electron chi connectivity index (χ2n) is 5.39. The number of halogens is 2. The minimum atomic E-state index is 0. The van der Waals surface area contributed by atoms with Crippen LogP contribution in [0.15, 0.2) is 24.3 Å². The van der Waals surface area contributed by atoms with Gasteiger partial charge in [-0.05, 0) is 23.6 Å². The van der Waals surface area contributed by atoms with E-state index in [0.29, 0.717) is 12.0 Å². The second-order valence-corrected chi connectivity index (χ2v) is 5.39. The fourth-order valence-corrected chi connectivity index (χ4v) is 2.88. The maximum absolute atomic E-state index is 5.26. The lowest BCUT2D eigenvalue weighted by Gasteiger charge is -2.38. The first-order valence-electron chi connectivity index (χ1n) is 7.35. The third kappa shape index (κ3) is 5.33. The molecule has 0 spiro atoms. The third-order valence-electron chi connectivity index (χ3n) is 4.19. The number of hydrogen-bond acceptors (Lipinski definition) is 3. The molecule has 122 valence electrons. The van der Waals surface area contributed by atoms with E-state index in [-0.39, 0.29) is 24.8 Å². The van der Waals surface area contributed by atoms with E-state index in [0.717, 1.165) is 31.9 Å². The predicted octanol–water partition coefficient (Wildman–Crippen LogP) is 3.53. The van der Waals surface area contributed by atoms with Crippen molar-refractivity contribution in [3.8, 4) is 5.75 Å². The van der Waals surface area contributed by atoms with Crippen molar-refractivity contribution in [1.82, 2.24) is 10.2 Å². The molecule has 1 aromatic carbocycles. The normalized spacial score (nSPS) is 18.0. The number of nitrogens with one attached hydrogen (secondary N) is 1. The van der Waals surface area contributed by atoms with Crippen LogP contribution < -0.4 is 10.1 Å². The summed E-state index contributed by atoms with van der Waals surface area (Å²) in [5.41, 5.74) is 1.41. The molecule has 21 heavy (non-hydrogen) atoms. The van der Waals surface area contributed by atoms with E-state index >= 15 is 0 Å². The molecule has 0 amide bonds. The fraction of sp³-hybridized carbons (Fsp3) is 0.625. The van der Waals surface area contributed by atoms with Crippen LogP contribution in [0.1, 0.15) is 31.9 Å². The number of piperazine rings is 1. The van der Waals surface area contributed by atoms with Crippen molar-refractivity contribution in [2.45, 2.75) is 26.3 Å². The third-order valence-corrected chi connectivity index (χ3v) is 4.19. The van der Waals surface area contributed by atoms with Gasteiger partial charge in [-0.3, -0.25) is 4.90 Å². The SMILES string of the molecule is CCC(C)[C@@H](c1ccc(OC)cc1)N1CCNCC1.Cl.Cl. The second kappa shape index (κ2) is 10.3. The van der Waals surface area contributed by atoms with Gasteiger partial charge in [0.25, 0.3) is 0 Å². The van der Waals surface area contributed by atoms with E-state index in [1.54, 1.807) is 7.11 Å². The molecule has 0 saturated carbocycles. The minimum Gasteiger partial charge on any atom is -0.497 e. The molecule has 1 aliphatic rings. The highest BCUT2D eigenvalue weighted by Crippen LogP contribution is 2.31. The van der Waals surface area contributed by atoms with Gasteiger partial charge < -0.3 is 10.1 Å². The van der Waals surface area contributed by atoms with Crippen molar-refractivity contribution in [2.75, 3.05) is 33.3 Å². The number of methoxy groups -OCH3 is 1. The van der Waals surface area contributed by atoms with Gasteiger partial charge in [0.2, 0.25) is 0 Å². The van der Waals surface area contributed by atoms with Crippen LogP contribution in [-0.2, 0) is 0 Å². The zero-order valence-electron chi connectivity index (χ0n) is 13.2. The van der Waals surface area contributed by atoms with Crippen molar-refractivity contribution >= 4 is 24.8 Å². The molecule has 0 radical (unpaired) electrons. The predicted molar refractivity (Wildman–Crippen MR) is 94.1 cm³/mol. The van der Waals surface area contributed by atoms with Crippen LogP contribution in [0, 0.1) is 5.92 Å². The Labute approximate surface area is 141 Å². The standard InChI is InChI=1S/C16H26N2O.2ClH/c1-4-13(2)16(18-11-9-17-10-12-18)14-5-7-15(19-3)8-6-14;;/h5-8,13,16-17H,4,9-12H2,1-3H3;2*1H/t13?,16-;;/m0../s1. The Kier molecular flexibility index (Phi) is 10.0. The van der Waals surface area contributed by atoms with Crippen molar-refractivity contribution in [3.05, 3.63) is 29.8 Å². The van der Waals surface area contributed by atoms with Gasteiger partial charge in [0.05, 0.1) is 7.11 Å². The van der Waals surface area contributed by atoms with Crippen molar-refractivity contribution in [3.63, 3.8) is 0 Å². The Bertz CT molecular complexity index is 380. The van der Waals surface area contributed by atoms with Crippen LogP contribution in [0.25, 0.3) is 0 Å². The van der Waals surface area contributed by atoms with E-state index in [1.807, 2.05) is 0 Å². The lowest BCUT2D eigenvalue weighted by atomic mass is 9.90. The molecule has 1 N–H and O–H groups in total. The lowest BCUT2D eigenvalue weighted by molar-refractivity contribution is 0.128. The Morgan fingerprint density at radius 3 is 2.19 bits per heavy atom. The molecular weight excluding hydrogens is 307 g/mol. The molecule has 1 fully saturated rings. The van der Waals surface area contributed by atoms with Gasteiger partial charge >= 0.3 is 0 Å². The largest absolute Gasteiger partial charge is 0.497 e. The molecule has 0 bridgehead atoms. The van der Waals surface area contributed by atoms with Crippen LogP contribution in [0.2, 0.25) is 0 Å². The van der Waals surface area contributed by atoms with Crippen LogP contribution in [0.3, 0.4) is 0 Å². The fourth-order valence-electron chi connectivity index (χ4n) is 2.88. The van der Waals surface area contributed by atoms with Crippen LogP contribution >= 0.6 is 24.8 Å². The molecule has 5 heteroatoms. The molecule has 1 heterocycles. The zero-order valence-corrected chi connectivity index (χ0v) is 14.8. The topological polar surface area (TPSA) is 24.5 Å². The number of nitrogens with zero attached hydrogens (tertiary/aromatic N) is 1. The molecule has 2 atom stereocenters. The summed E-state index contributed by atoms with van der Waals surface area (Å²) in [5.74, 6) is 1.61. The maximum Gasteiger partial charge on any atom is 0.118 e. The first-order valence-corrected chi connectivity index (χ1v) is 7.35. The van der Waals surface area contributed by atoms with Crippen molar-refractivity contribution in [2.24, 2.45) is 5.92 Å². The lowest BCUT2D eigenvalue weighted by Crippen LogP contribution is -2.46. The Balaban J connectivity index is 0.00000200. The average molecular weight is 335 g/mol. The number of rotatable bonds is 5. The van der Waals surface area contributed by atoms with Gasteiger partial charge in [-0.15, -0.1) is 24.8 Å². The summed E-state index contributed by atoms with van der Waals surface area (Å²) in [7, 11) is 1.72. The maximum atomic E-state index is 5.26. The van der Waals surface area contributed by atoms with E-state index in [4.69, 9.17) is 4.74 Å². The molecule has 1 unspecified atom stereocenters. The number of benzene rings is 1.